The maximum atomic E-state index is 15.2. The van der Waals surface area contributed by atoms with E-state index in [1.165, 1.54) is 12.1 Å². The summed E-state index contributed by atoms with van der Waals surface area (Å²) in [6, 6.07) is 6.03. The van der Waals surface area contributed by atoms with Gasteiger partial charge < -0.3 is 30.6 Å². The van der Waals surface area contributed by atoms with Crippen LogP contribution >= 0.6 is 0 Å². The average Bonchev–Trinajstić information content (AvgIpc) is 2.94. The maximum absolute atomic E-state index is 15.2. The van der Waals surface area contributed by atoms with Crippen molar-refractivity contribution >= 4 is 38.7 Å². The number of benzene rings is 2. The molecule has 0 unspecified atom stereocenters. The molecule has 4 N–H and O–H groups in total. The Labute approximate surface area is 324 Å². The standard InChI is InChI=1S/C20H22FN3O5S.CH2O3.2Cs/c21-17-14-6-13(29-4-3-19-8-20(9-19,10-19)11-22)2-1-12(14)5-15(25)18(17)24-7-16(26)23-30(24,27)28;2-1(3)4;;/h1-2,5-6,25H,3-4,7-11,22H2,(H,23,26);(H2,2,3,4);;/q;;2*+1/p-2. The quantitative estimate of drug-likeness (QED) is 0.258. The third-order valence-corrected chi connectivity index (χ3v) is 8.04. The normalized spacial score (nSPS) is 24.6. The summed E-state index contributed by atoms with van der Waals surface area (Å²) in [6.07, 6.45) is 2.01. The van der Waals surface area contributed by atoms with Crippen LogP contribution in [0.15, 0.2) is 24.3 Å². The van der Waals surface area contributed by atoms with Crippen molar-refractivity contribution in [2.45, 2.75) is 25.7 Å². The van der Waals surface area contributed by atoms with E-state index in [1.807, 2.05) is 0 Å². The minimum absolute atomic E-state index is 0. The smallest absolute Gasteiger partial charge is 0.652 e. The number of aromatic hydroxyl groups is 1. The third-order valence-electron chi connectivity index (χ3n) is 6.66. The molecule has 1 amide bonds. The first-order valence-electron chi connectivity index (χ1n) is 10.4. The van der Waals surface area contributed by atoms with Crippen LogP contribution in [0.2, 0.25) is 0 Å². The summed E-state index contributed by atoms with van der Waals surface area (Å²) in [5, 5.41) is 27.4. The molecule has 6 rings (SSSR count). The van der Waals surface area contributed by atoms with Crippen LogP contribution in [0.4, 0.5) is 14.9 Å². The van der Waals surface area contributed by atoms with Crippen molar-refractivity contribution in [1.29, 1.82) is 0 Å². The van der Waals surface area contributed by atoms with E-state index in [9.17, 15) is 18.3 Å². The molecule has 4 fully saturated rings. The van der Waals surface area contributed by atoms with Gasteiger partial charge in [0.05, 0.1) is 6.61 Å². The molecule has 0 spiro atoms. The molecule has 0 atom stereocenters. The van der Waals surface area contributed by atoms with Crippen LogP contribution in [-0.4, -0.2) is 45.3 Å². The summed E-state index contributed by atoms with van der Waals surface area (Å²) in [4.78, 5) is 19.8. The monoisotopic (exact) mass is 761 g/mol. The second-order valence-electron chi connectivity index (χ2n) is 9.06. The molecular weight excluding hydrogens is 739 g/mol. The Balaban J connectivity index is 0.000000710. The number of nitrogens with two attached hydrogens (primary N) is 1. The van der Waals surface area contributed by atoms with Crippen LogP contribution in [0.1, 0.15) is 25.7 Å². The SMILES string of the molecule is NCC12CC(CCOc3ccc4cc(O)c(N5CC(=O)NS5(=O)=O)c(F)c4c3)(C1)C2.O=C([O-])[O-].[Cs+].[Cs+]. The molecule has 2 bridgehead atoms. The van der Waals surface area contributed by atoms with Gasteiger partial charge in [-0.15, -0.1) is 0 Å². The molecule has 1 aliphatic heterocycles. The van der Waals surface area contributed by atoms with E-state index in [-0.39, 0.29) is 143 Å². The van der Waals surface area contributed by atoms with Gasteiger partial charge in [-0.2, -0.15) is 8.42 Å². The average molecular weight is 761 g/mol. The molecule has 11 nitrogen and oxygen atoms in total. The number of rotatable bonds is 6. The largest absolute Gasteiger partial charge is 1.00 e. The Morgan fingerprint density at radius 1 is 1.19 bits per heavy atom. The van der Waals surface area contributed by atoms with Gasteiger partial charge in [-0.05, 0) is 72.8 Å². The second kappa shape index (κ2) is 12.5. The Morgan fingerprint density at radius 3 is 2.33 bits per heavy atom. The van der Waals surface area contributed by atoms with Crippen molar-refractivity contribution in [2.24, 2.45) is 16.6 Å². The molecule has 4 aliphatic rings. The number of fused-ring (bicyclic) bond motifs is 1. The molecule has 3 saturated carbocycles. The van der Waals surface area contributed by atoms with Gasteiger partial charge in [0, 0.05) is 5.39 Å². The van der Waals surface area contributed by atoms with Crippen molar-refractivity contribution in [1.82, 2.24) is 4.72 Å². The fourth-order valence-electron chi connectivity index (χ4n) is 5.38. The van der Waals surface area contributed by atoms with Crippen LogP contribution in [0.5, 0.6) is 11.5 Å². The van der Waals surface area contributed by atoms with Gasteiger partial charge in [-0.25, -0.2) is 13.4 Å². The fraction of sp³-hybridized carbons (Fsp3) is 0.429. The second-order valence-corrected chi connectivity index (χ2v) is 10.7. The Hall–Kier alpha value is 0.784. The van der Waals surface area contributed by atoms with Gasteiger partial charge in [-0.1, -0.05) is 6.07 Å². The topological polar surface area (TPSA) is 185 Å². The van der Waals surface area contributed by atoms with Gasteiger partial charge in [0.1, 0.15) is 23.7 Å². The van der Waals surface area contributed by atoms with E-state index >= 15 is 4.39 Å². The number of carbonyl (C=O) groups excluding carboxylic acids is 2. The van der Waals surface area contributed by atoms with E-state index < -0.39 is 46.1 Å². The molecule has 15 heteroatoms. The van der Waals surface area contributed by atoms with Crippen molar-refractivity contribution in [3.8, 4) is 11.5 Å². The summed E-state index contributed by atoms with van der Waals surface area (Å²) in [5.74, 6) is -1.83. The molecule has 2 aromatic rings. The van der Waals surface area contributed by atoms with E-state index in [0.29, 0.717) is 32.9 Å². The summed E-state index contributed by atoms with van der Waals surface area (Å²) in [5.41, 5.74) is 5.93. The van der Waals surface area contributed by atoms with Crippen LogP contribution in [-0.2, 0) is 15.0 Å². The molecule has 1 saturated heterocycles. The fourth-order valence-corrected chi connectivity index (χ4v) is 6.54. The van der Waals surface area contributed by atoms with E-state index in [0.717, 1.165) is 32.2 Å². The minimum Gasteiger partial charge on any atom is -0.652 e. The molecule has 0 radical (unpaired) electrons. The minimum atomic E-state index is -4.25. The number of nitrogens with one attached hydrogen (secondary N) is 1. The van der Waals surface area contributed by atoms with E-state index in [1.54, 1.807) is 16.9 Å². The van der Waals surface area contributed by atoms with Crippen LogP contribution in [0.25, 0.3) is 10.8 Å². The zero-order valence-electron chi connectivity index (χ0n) is 19.9. The van der Waals surface area contributed by atoms with Crippen LogP contribution in [0, 0.1) is 16.6 Å². The number of ether oxygens (including phenoxy) is 1. The molecular formula is C21H22Cs2FN3O8S. The van der Waals surface area contributed by atoms with Crippen LogP contribution in [0.3, 0.4) is 0 Å². The third kappa shape index (κ3) is 6.73. The van der Waals surface area contributed by atoms with E-state index in [4.69, 9.17) is 25.5 Å². The first-order valence-corrected chi connectivity index (χ1v) is 11.8. The number of phenolic OH excluding ortho intramolecular Hbond substituents is 1. The number of carbonyl (C=O) groups is 2. The summed E-state index contributed by atoms with van der Waals surface area (Å²) in [6.45, 7) is 0.640. The maximum Gasteiger partial charge on any atom is 1.00 e. The molecule has 184 valence electrons. The first kappa shape index (κ1) is 33.0. The summed E-state index contributed by atoms with van der Waals surface area (Å²) < 4.78 is 47.5. The van der Waals surface area contributed by atoms with Gasteiger partial charge >= 0.3 is 148 Å². The number of halogens is 1. The number of phenols is 1. The van der Waals surface area contributed by atoms with Gasteiger partial charge in [0.25, 0.3) is 5.91 Å². The number of amides is 1. The van der Waals surface area contributed by atoms with Gasteiger partial charge in [-0.3, -0.25) is 4.79 Å². The molecule has 36 heavy (non-hydrogen) atoms. The number of nitrogens with zero attached hydrogens (tertiary/aromatic N) is 1. The molecule has 1 heterocycles. The van der Waals surface area contributed by atoms with Crippen molar-refractivity contribution in [3.63, 3.8) is 0 Å². The zero-order valence-corrected chi connectivity index (χ0v) is 33.3. The Kier molecular flexibility index (Phi) is 11.5. The van der Waals surface area contributed by atoms with Crippen molar-refractivity contribution in [2.75, 3.05) is 24.0 Å². The van der Waals surface area contributed by atoms with Gasteiger partial charge in [0.2, 0.25) is 0 Å². The number of hydrogen-bond acceptors (Lipinski definition) is 9. The zero-order chi connectivity index (χ0) is 24.9. The van der Waals surface area contributed by atoms with Crippen molar-refractivity contribution in [3.05, 3.63) is 30.1 Å². The van der Waals surface area contributed by atoms with Crippen LogP contribution < -0.4 is 167 Å². The summed E-state index contributed by atoms with van der Waals surface area (Å²) >= 11 is 0. The van der Waals surface area contributed by atoms with Crippen molar-refractivity contribution < 1.29 is 180 Å². The molecule has 2 aromatic carbocycles. The predicted molar refractivity (Wildman–Crippen MR) is 113 cm³/mol. The number of carboxylic acid groups (broad SMARTS) is 2. The molecule has 0 aromatic heterocycles. The predicted octanol–water partition coefficient (Wildman–Crippen LogP) is -6.68. The first-order chi connectivity index (χ1) is 15.9. The van der Waals surface area contributed by atoms with E-state index in [2.05, 4.69) is 0 Å². The number of anilines is 1. The van der Waals surface area contributed by atoms with Gasteiger partial charge in [0.15, 0.2) is 5.82 Å². The Morgan fingerprint density at radius 2 is 1.81 bits per heavy atom. The molecule has 3 aliphatic carbocycles. The number of hydrogen-bond donors (Lipinski definition) is 3. The summed E-state index contributed by atoms with van der Waals surface area (Å²) in [7, 11) is -4.25. The Bertz CT molecular complexity index is 1270.